The zero-order valence-electron chi connectivity index (χ0n) is 39.2. The van der Waals surface area contributed by atoms with Crippen LogP contribution in [0.2, 0.25) is 0 Å². The van der Waals surface area contributed by atoms with Gasteiger partial charge >= 0.3 is 6.03 Å². The van der Waals surface area contributed by atoms with E-state index in [1.165, 1.54) is 24.7 Å². The summed E-state index contributed by atoms with van der Waals surface area (Å²) in [6.45, 7) is 11.3. The molecule has 18 heteroatoms. The predicted molar refractivity (Wildman–Crippen MR) is 254 cm³/mol. The molecule has 18 nitrogen and oxygen atoms in total. The van der Waals surface area contributed by atoms with Crippen molar-refractivity contribution in [1.29, 1.82) is 0 Å². The number of aryl methyl sites for hydroxylation is 1. The van der Waals surface area contributed by atoms with E-state index in [4.69, 9.17) is 25.3 Å². The Labute approximate surface area is 390 Å². The summed E-state index contributed by atoms with van der Waals surface area (Å²) in [7, 11) is 1.91. The first-order chi connectivity index (χ1) is 32.4. The smallest absolute Gasteiger partial charge is 0.329 e. The van der Waals surface area contributed by atoms with Crippen LogP contribution < -0.4 is 16.0 Å². The SMILES string of the molecule is Cn1nc(N2CCC(=O)NC2=O)c2ccc(C3CCN(CCCCCCCC(=O)N4CCC(c5cnc(-c6c(-c7nn(C(C)(C)C)c8ncnc(N)c78)noc6C6CC6)nc5)CC4)CC3)cc21. The highest BCUT2D eigenvalue weighted by Gasteiger charge is 2.37. The van der Waals surface area contributed by atoms with E-state index in [0.29, 0.717) is 58.8 Å². The van der Waals surface area contributed by atoms with Gasteiger partial charge in [-0.3, -0.25) is 24.5 Å². The number of amides is 4. The lowest BCUT2D eigenvalue weighted by Gasteiger charge is -2.32. The fraction of sp³-hybridized carbons (Fsp3) is 0.551. The normalized spacial score (nSPS) is 18.1. The number of fused-ring (bicyclic) bond motifs is 2. The Balaban J connectivity index is 0.650. The third kappa shape index (κ3) is 9.11. The van der Waals surface area contributed by atoms with E-state index >= 15 is 0 Å². The molecule has 0 radical (unpaired) electrons. The van der Waals surface area contributed by atoms with E-state index in [9.17, 15) is 14.4 Å². The number of likely N-dealkylation sites (tertiary alicyclic amines) is 2. The molecule has 3 N–H and O–H groups in total. The van der Waals surface area contributed by atoms with E-state index in [0.717, 1.165) is 118 Å². The van der Waals surface area contributed by atoms with E-state index in [-0.39, 0.29) is 35.6 Å². The van der Waals surface area contributed by atoms with E-state index in [1.54, 1.807) is 4.90 Å². The number of nitrogens with zero attached hydrogens (tertiary/aromatic N) is 12. The van der Waals surface area contributed by atoms with Crippen LogP contribution in [0, 0.1) is 0 Å². The van der Waals surface area contributed by atoms with Crippen molar-refractivity contribution in [1.82, 2.24) is 59.8 Å². The number of hydrogen-bond acceptors (Lipinski definition) is 13. The van der Waals surface area contributed by atoms with Crippen molar-refractivity contribution in [2.45, 2.75) is 128 Å². The number of carbonyl (C=O) groups is 3. The molecule has 3 saturated heterocycles. The van der Waals surface area contributed by atoms with Gasteiger partial charge in [-0.2, -0.15) is 10.2 Å². The van der Waals surface area contributed by atoms with E-state index in [2.05, 4.69) is 69.4 Å². The quantitative estimate of drug-likeness (QED) is 0.102. The van der Waals surface area contributed by atoms with Crippen LogP contribution in [0.1, 0.15) is 139 Å². The Bertz CT molecular complexity index is 2790. The van der Waals surface area contributed by atoms with Gasteiger partial charge in [-0.25, -0.2) is 29.4 Å². The lowest BCUT2D eigenvalue weighted by atomic mass is 9.89. The van der Waals surface area contributed by atoms with Crippen molar-refractivity contribution in [2.75, 3.05) is 49.9 Å². The van der Waals surface area contributed by atoms with Crippen LogP contribution in [0.3, 0.4) is 0 Å². The van der Waals surface area contributed by atoms with Crippen molar-refractivity contribution in [3.8, 4) is 22.8 Å². The van der Waals surface area contributed by atoms with Gasteiger partial charge in [0.2, 0.25) is 11.8 Å². The molecule has 10 rings (SSSR count). The molecular weight excluding hydrogens is 849 g/mol. The van der Waals surface area contributed by atoms with Gasteiger partial charge in [-0.1, -0.05) is 30.5 Å². The van der Waals surface area contributed by atoms with Crippen molar-refractivity contribution in [3.63, 3.8) is 0 Å². The van der Waals surface area contributed by atoms with Gasteiger partial charge in [0.1, 0.15) is 23.5 Å². The molecule has 6 aromatic rings. The number of rotatable bonds is 14. The molecule has 3 aliphatic heterocycles. The second-order valence-corrected chi connectivity index (χ2v) is 20.0. The zero-order chi connectivity index (χ0) is 46.4. The van der Waals surface area contributed by atoms with Crippen molar-refractivity contribution in [2.24, 2.45) is 7.05 Å². The number of anilines is 2. The summed E-state index contributed by atoms with van der Waals surface area (Å²) in [6.07, 6.45) is 17.8. The molecule has 1 saturated carbocycles. The number of imide groups is 1. The molecule has 0 bridgehead atoms. The number of nitrogens with two attached hydrogens (primary N) is 1. The fourth-order valence-corrected chi connectivity index (χ4v) is 10.3. The molecular formula is C49H62N14O4. The topological polar surface area (TPSA) is 212 Å². The number of carbonyl (C=O) groups excluding carboxylic acids is 3. The monoisotopic (exact) mass is 911 g/mol. The first-order valence-corrected chi connectivity index (χ1v) is 24.3. The van der Waals surface area contributed by atoms with Crippen molar-refractivity contribution < 1.29 is 18.9 Å². The predicted octanol–water partition coefficient (Wildman–Crippen LogP) is 7.41. The number of piperidine rings is 2. The molecule has 8 heterocycles. The number of aromatic nitrogens is 9. The van der Waals surface area contributed by atoms with Gasteiger partial charge in [-0.15, -0.1) is 0 Å². The molecule has 0 spiro atoms. The number of benzene rings is 1. The molecule has 1 aliphatic carbocycles. The van der Waals surface area contributed by atoms with Crippen LogP contribution in [0.4, 0.5) is 16.4 Å². The minimum absolute atomic E-state index is 0.248. The number of nitrogens with one attached hydrogen (secondary N) is 1. The van der Waals surface area contributed by atoms with Gasteiger partial charge < -0.3 is 20.1 Å². The summed E-state index contributed by atoms with van der Waals surface area (Å²) in [5.74, 6) is 3.32. The molecule has 0 atom stereocenters. The van der Waals surface area contributed by atoms with Crippen LogP contribution in [0.15, 0.2) is 41.4 Å². The summed E-state index contributed by atoms with van der Waals surface area (Å²) in [5.41, 5.74) is 12.0. The number of unbranched alkanes of at least 4 members (excludes halogenated alkanes) is 4. The Morgan fingerprint density at radius 1 is 0.821 bits per heavy atom. The first kappa shape index (κ1) is 44.5. The van der Waals surface area contributed by atoms with Crippen molar-refractivity contribution in [3.05, 3.63) is 53.8 Å². The fourth-order valence-electron chi connectivity index (χ4n) is 10.3. The number of nitrogen functional groups attached to an aromatic ring is 1. The standard InChI is InChI=1S/C49H62N14O4/c1-49(2,3)63-47-40(44(50)53-29-54-47)41(56-63)42-39(43(67-58-42)32-11-12-32)45-51-27-34(28-52-45)31-17-23-61(24-18-31)38(65)10-8-6-5-7-9-20-60-21-15-30(16-22-60)33-13-14-35-36(26-33)59(4)57-46(35)62-25-19-37(64)55-48(62)66/h13-14,26-32H,5-12,15-25H2,1-4H3,(H2,50,53,54)(H,55,64,66). The van der Waals surface area contributed by atoms with Crippen LogP contribution >= 0.6 is 0 Å². The summed E-state index contributed by atoms with van der Waals surface area (Å²) in [6, 6.07) is 6.08. The van der Waals surface area contributed by atoms with Crippen LogP contribution in [-0.4, -0.2) is 112 Å². The lowest BCUT2D eigenvalue weighted by molar-refractivity contribution is -0.132. The second kappa shape index (κ2) is 18.4. The maximum atomic E-state index is 13.2. The Morgan fingerprint density at radius 3 is 2.27 bits per heavy atom. The van der Waals surface area contributed by atoms with Gasteiger partial charge in [0.05, 0.1) is 22.0 Å². The first-order valence-electron chi connectivity index (χ1n) is 24.3. The lowest BCUT2D eigenvalue weighted by Crippen LogP contribution is -2.49. The molecule has 5 aromatic heterocycles. The van der Waals surface area contributed by atoms with E-state index in [1.807, 2.05) is 33.7 Å². The van der Waals surface area contributed by atoms with Crippen molar-refractivity contribution >= 4 is 51.4 Å². The third-order valence-corrected chi connectivity index (χ3v) is 14.3. The number of hydrogen-bond donors (Lipinski definition) is 2. The Kier molecular flexibility index (Phi) is 12.2. The second-order valence-electron chi connectivity index (χ2n) is 20.0. The maximum absolute atomic E-state index is 13.2. The average molecular weight is 911 g/mol. The largest absolute Gasteiger partial charge is 0.383 e. The maximum Gasteiger partial charge on any atom is 0.329 e. The number of urea groups is 1. The summed E-state index contributed by atoms with van der Waals surface area (Å²) in [5, 5.41) is 18.1. The van der Waals surface area contributed by atoms with Crippen LogP contribution in [0.25, 0.3) is 44.7 Å². The molecule has 1 aromatic carbocycles. The molecule has 67 heavy (non-hydrogen) atoms. The third-order valence-electron chi connectivity index (χ3n) is 14.3. The van der Waals surface area contributed by atoms with Gasteiger partial charge in [0.25, 0.3) is 0 Å². The molecule has 4 fully saturated rings. The van der Waals surface area contributed by atoms with E-state index < -0.39 is 6.03 Å². The molecule has 4 aliphatic rings. The molecule has 4 amide bonds. The summed E-state index contributed by atoms with van der Waals surface area (Å²) >= 11 is 0. The average Bonchev–Trinajstić information content (AvgIpc) is 3.81. The summed E-state index contributed by atoms with van der Waals surface area (Å²) in [4.78, 5) is 62.2. The Hall–Kier alpha value is -6.30. The van der Waals surface area contributed by atoms with Gasteiger partial charge in [-0.05, 0) is 127 Å². The van der Waals surface area contributed by atoms with Gasteiger partial charge in [0.15, 0.2) is 23.0 Å². The molecule has 352 valence electrons. The zero-order valence-corrected chi connectivity index (χ0v) is 39.2. The highest BCUT2D eigenvalue weighted by Crippen LogP contribution is 2.48. The summed E-state index contributed by atoms with van der Waals surface area (Å²) < 4.78 is 9.69. The minimum Gasteiger partial charge on any atom is -0.383 e. The Morgan fingerprint density at radius 2 is 1.54 bits per heavy atom. The van der Waals surface area contributed by atoms with Gasteiger partial charge in [0, 0.05) is 63.2 Å². The molecule has 0 unspecified atom stereocenters. The minimum atomic E-state index is -0.412. The highest BCUT2D eigenvalue weighted by molar-refractivity contribution is 6.09. The van der Waals surface area contributed by atoms with Crippen LogP contribution in [0.5, 0.6) is 0 Å². The highest BCUT2D eigenvalue weighted by atomic mass is 16.5. The van der Waals surface area contributed by atoms with Crippen LogP contribution in [-0.2, 0) is 22.2 Å².